The molecule has 0 fully saturated rings. The third-order valence-electron chi connectivity index (χ3n) is 3.76. The highest BCUT2D eigenvalue weighted by atomic mass is 32.2. The molecule has 0 spiro atoms. The highest BCUT2D eigenvalue weighted by Gasteiger charge is 2.17. The summed E-state index contributed by atoms with van der Waals surface area (Å²) < 4.78 is 45.4. The van der Waals surface area contributed by atoms with Crippen molar-refractivity contribution < 1.29 is 17.5 Å². The van der Waals surface area contributed by atoms with Crippen molar-refractivity contribution in [3.63, 3.8) is 0 Å². The molecule has 3 aromatic rings. The summed E-state index contributed by atoms with van der Waals surface area (Å²) in [6.07, 6.45) is 0. The number of aromatic nitrogens is 2. The first kappa shape index (κ1) is 18.9. The average Bonchev–Trinajstić information content (AvgIpc) is 2.67. The van der Waals surface area contributed by atoms with E-state index < -0.39 is 20.7 Å². The predicted molar refractivity (Wildman–Crippen MR) is 99.3 cm³/mol. The summed E-state index contributed by atoms with van der Waals surface area (Å²) in [5.74, 6) is -0.528. The zero-order valence-corrected chi connectivity index (χ0v) is 15.4. The minimum atomic E-state index is -3.93. The standard InChI is InChI=1S/C19H18FN3O3S/c1-14-6-8-15(9-7-14)17-10-11-19(23-22-17)26-13-12-21-27(24,25)18-5-3-2-4-16(18)20/h2-11,21H,12-13H2,1H3. The van der Waals surface area contributed by atoms with Crippen molar-refractivity contribution in [3.8, 4) is 17.1 Å². The van der Waals surface area contributed by atoms with E-state index in [-0.39, 0.29) is 19.0 Å². The summed E-state index contributed by atoms with van der Waals surface area (Å²) >= 11 is 0. The van der Waals surface area contributed by atoms with Crippen molar-refractivity contribution >= 4 is 10.0 Å². The van der Waals surface area contributed by atoms with Crippen LogP contribution in [0.5, 0.6) is 5.88 Å². The first-order chi connectivity index (χ1) is 13.0. The second-order valence-electron chi connectivity index (χ2n) is 5.80. The van der Waals surface area contributed by atoms with Crippen LogP contribution < -0.4 is 9.46 Å². The number of nitrogens with zero attached hydrogens (tertiary/aromatic N) is 2. The minimum Gasteiger partial charge on any atom is -0.475 e. The molecule has 0 radical (unpaired) electrons. The third kappa shape index (κ3) is 4.87. The molecule has 1 N–H and O–H groups in total. The van der Waals surface area contributed by atoms with Crippen LogP contribution in [0.2, 0.25) is 0 Å². The van der Waals surface area contributed by atoms with Crippen molar-refractivity contribution in [2.45, 2.75) is 11.8 Å². The third-order valence-corrected chi connectivity index (χ3v) is 5.25. The number of hydrogen-bond donors (Lipinski definition) is 1. The number of ether oxygens (including phenoxy) is 1. The SMILES string of the molecule is Cc1ccc(-c2ccc(OCCNS(=O)(=O)c3ccccc3F)nn2)cc1. The van der Waals surface area contributed by atoms with Crippen molar-refractivity contribution in [2.75, 3.05) is 13.2 Å². The Bertz CT molecular complexity index is 1010. The van der Waals surface area contributed by atoms with Crippen LogP contribution in [0.15, 0.2) is 65.6 Å². The zero-order chi connectivity index (χ0) is 19.3. The first-order valence-corrected chi connectivity index (χ1v) is 9.72. The molecule has 0 amide bonds. The summed E-state index contributed by atoms with van der Waals surface area (Å²) in [4.78, 5) is -0.396. The van der Waals surface area contributed by atoms with Crippen LogP contribution in [-0.4, -0.2) is 31.8 Å². The molecule has 6 nitrogen and oxygen atoms in total. The lowest BCUT2D eigenvalue weighted by Crippen LogP contribution is -2.29. The minimum absolute atomic E-state index is 0.0297. The van der Waals surface area contributed by atoms with Crippen molar-refractivity contribution in [2.24, 2.45) is 0 Å². The van der Waals surface area contributed by atoms with E-state index in [1.807, 2.05) is 31.2 Å². The molecule has 140 valence electrons. The maximum atomic E-state index is 13.6. The quantitative estimate of drug-likeness (QED) is 0.631. The fraction of sp³-hybridized carbons (Fsp3) is 0.158. The van der Waals surface area contributed by atoms with Gasteiger partial charge in [0.1, 0.15) is 17.3 Å². The van der Waals surface area contributed by atoms with E-state index in [1.165, 1.54) is 18.2 Å². The van der Waals surface area contributed by atoms with E-state index in [4.69, 9.17) is 4.74 Å². The molecule has 0 unspecified atom stereocenters. The first-order valence-electron chi connectivity index (χ1n) is 8.23. The Kier molecular flexibility index (Phi) is 5.78. The van der Waals surface area contributed by atoms with Crippen molar-refractivity contribution in [1.82, 2.24) is 14.9 Å². The van der Waals surface area contributed by atoms with Crippen LogP contribution in [-0.2, 0) is 10.0 Å². The Morgan fingerprint density at radius 1 is 1.00 bits per heavy atom. The number of halogens is 1. The Morgan fingerprint density at radius 2 is 1.74 bits per heavy atom. The second-order valence-corrected chi connectivity index (χ2v) is 7.53. The van der Waals surface area contributed by atoms with Gasteiger partial charge in [-0.3, -0.25) is 0 Å². The molecule has 0 aliphatic heterocycles. The van der Waals surface area contributed by atoms with E-state index in [0.29, 0.717) is 5.69 Å². The number of hydrogen-bond acceptors (Lipinski definition) is 5. The van der Waals surface area contributed by atoms with Gasteiger partial charge in [-0.2, -0.15) is 0 Å². The number of benzene rings is 2. The Labute approximate surface area is 157 Å². The molecule has 3 rings (SSSR count). The van der Waals surface area contributed by atoms with Crippen molar-refractivity contribution in [1.29, 1.82) is 0 Å². The van der Waals surface area contributed by atoms with Gasteiger partial charge in [-0.1, -0.05) is 42.0 Å². The van der Waals surface area contributed by atoms with Crippen molar-refractivity contribution in [3.05, 3.63) is 72.0 Å². The normalized spacial score (nSPS) is 11.3. The maximum absolute atomic E-state index is 13.6. The number of sulfonamides is 1. The molecular weight excluding hydrogens is 369 g/mol. The molecule has 0 saturated heterocycles. The molecule has 27 heavy (non-hydrogen) atoms. The molecule has 0 atom stereocenters. The number of nitrogens with one attached hydrogen (secondary N) is 1. The van der Waals surface area contributed by atoms with E-state index in [1.54, 1.807) is 12.1 Å². The Hall–Kier alpha value is -2.84. The predicted octanol–water partition coefficient (Wildman–Crippen LogP) is 2.95. The van der Waals surface area contributed by atoms with Crippen LogP contribution in [0.25, 0.3) is 11.3 Å². The molecule has 1 aromatic heterocycles. The summed E-state index contributed by atoms with van der Waals surface area (Å²) in [6, 6.07) is 16.5. The van der Waals surface area contributed by atoms with Gasteiger partial charge in [0.15, 0.2) is 0 Å². The highest BCUT2D eigenvalue weighted by molar-refractivity contribution is 7.89. The summed E-state index contributed by atoms with van der Waals surface area (Å²) in [6.45, 7) is 2.01. The average molecular weight is 387 g/mol. The van der Waals surface area contributed by atoms with E-state index in [0.717, 1.165) is 17.2 Å². The molecule has 0 saturated carbocycles. The molecular formula is C19H18FN3O3S. The fourth-order valence-electron chi connectivity index (χ4n) is 2.35. The van der Waals surface area contributed by atoms with Crippen LogP contribution in [0.3, 0.4) is 0 Å². The van der Waals surface area contributed by atoms with Gasteiger partial charge in [-0.25, -0.2) is 17.5 Å². The highest BCUT2D eigenvalue weighted by Crippen LogP contribution is 2.18. The van der Waals surface area contributed by atoms with Crippen LogP contribution in [0.4, 0.5) is 4.39 Å². The van der Waals surface area contributed by atoms with Crippen LogP contribution in [0, 0.1) is 12.7 Å². The molecule has 8 heteroatoms. The smallest absolute Gasteiger partial charge is 0.243 e. The van der Waals surface area contributed by atoms with Gasteiger partial charge < -0.3 is 4.74 Å². The largest absolute Gasteiger partial charge is 0.475 e. The van der Waals surface area contributed by atoms with Crippen LogP contribution in [0.1, 0.15) is 5.56 Å². The summed E-state index contributed by atoms with van der Waals surface area (Å²) in [7, 11) is -3.93. The van der Waals surface area contributed by atoms with Gasteiger partial charge in [-0.05, 0) is 25.1 Å². The molecule has 2 aromatic carbocycles. The Balaban J connectivity index is 1.53. The lowest BCUT2D eigenvalue weighted by Gasteiger charge is -2.08. The fourth-order valence-corrected chi connectivity index (χ4v) is 3.44. The topological polar surface area (TPSA) is 81.2 Å². The zero-order valence-electron chi connectivity index (χ0n) is 14.6. The summed E-state index contributed by atoms with van der Waals surface area (Å²) in [5, 5.41) is 8.08. The summed E-state index contributed by atoms with van der Waals surface area (Å²) in [5.41, 5.74) is 2.81. The monoisotopic (exact) mass is 387 g/mol. The van der Waals surface area contributed by atoms with E-state index in [9.17, 15) is 12.8 Å². The lowest BCUT2D eigenvalue weighted by atomic mass is 10.1. The molecule has 0 aliphatic carbocycles. The van der Waals surface area contributed by atoms with Gasteiger partial charge >= 0.3 is 0 Å². The Morgan fingerprint density at radius 3 is 2.41 bits per heavy atom. The van der Waals surface area contributed by atoms with Gasteiger partial charge in [0.2, 0.25) is 15.9 Å². The lowest BCUT2D eigenvalue weighted by molar-refractivity contribution is 0.307. The van der Waals surface area contributed by atoms with Gasteiger partial charge in [0.05, 0.1) is 5.69 Å². The molecule has 1 heterocycles. The van der Waals surface area contributed by atoms with E-state index in [2.05, 4.69) is 14.9 Å². The van der Waals surface area contributed by atoms with Gasteiger partial charge in [-0.15, -0.1) is 10.2 Å². The molecule has 0 bridgehead atoms. The second kappa shape index (κ2) is 8.24. The number of aryl methyl sites for hydroxylation is 1. The molecule has 0 aliphatic rings. The van der Waals surface area contributed by atoms with Crippen LogP contribution >= 0.6 is 0 Å². The van der Waals surface area contributed by atoms with Gasteiger partial charge in [0, 0.05) is 18.2 Å². The van der Waals surface area contributed by atoms with E-state index >= 15 is 0 Å². The van der Waals surface area contributed by atoms with Gasteiger partial charge in [0.25, 0.3) is 0 Å². The maximum Gasteiger partial charge on any atom is 0.243 e. The number of rotatable bonds is 7.